The molecule has 0 aliphatic rings. The minimum atomic E-state index is -0.458. The van der Waals surface area contributed by atoms with Crippen LogP contribution in [0, 0.1) is 0 Å². The molecule has 1 atom stereocenters. The summed E-state index contributed by atoms with van der Waals surface area (Å²) in [5, 5.41) is 3.72. The number of thioether (sulfide) groups is 1. The summed E-state index contributed by atoms with van der Waals surface area (Å²) in [4.78, 5) is 12.3. The maximum Gasteiger partial charge on any atom is 0.261 e. The van der Waals surface area contributed by atoms with E-state index in [4.69, 9.17) is 16.3 Å². The molecule has 0 heterocycles. The fourth-order valence-electron chi connectivity index (χ4n) is 2.47. The topological polar surface area (TPSA) is 38.3 Å². The van der Waals surface area contributed by atoms with Crippen LogP contribution in [0.15, 0.2) is 48.5 Å². The number of benzene rings is 2. The quantitative estimate of drug-likeness (QED) is 0.572. The highest BCUT2D eigenvalue weighted by Gasteiger charge is 2.17. The van der Waals surface area contributed by atoms with Crippen LogP contribution in [0.1, 0.15) is 31.4 Å². The van der Waals surface area contributed by atoms with Gasteiger partial charge in [0, 0.05) is 23.1 Å². The van der Waals surface area contributed by atoms with Crippen molar-refractivity contribution in [2.45, 2.75) is 38.5 Å². The molecule has 0 aromatic heterocycles. The average molecular weight is 392 g/mol. The Hall–Kier alpha value is -1.65. The van der Waals surface area contributed by atoms with Gasteiger partial charge in [-0.1, -0.05) is 49.7 Å². The van der Waals surface area contributed by atoms with E-state index >= 15 is 0 Å². The Bertz CT molecular complexity index is 691. The molecule has 0 radical (unpaired) electrons. The smallest absolute Gasteiger partial charge is 0.261 e. The highest BCUT2D eigenvalue weighted by Crippen LogP contribution is 2.17. The Morgan fingerprint density at radius 1 is 1.15 bits per heavy atom. The van der Waals surface area contributed by atoms with Crippen LogP contribution in [0.3, 0.4) is 0 Å². The van der Waals surface area contributed by atoms with Crippen molar-refractivity contribution in [1.29, 1.82) is 0 Å². The highest BCUT2D eigenvalue weighted by atomic mass is 35.5. The summed E-state index contributed by atoms with van der Waals surface area (Å²) in [6.07, 6.45) is 1.17. The highest BCUT2D eigenvalue weighted by molar-refractivity contribution is 7.98. The normalized spacial score (nSPS) is 11.8. The minimum absolute atomic E-state index is 0.0598. The van der Waals surface area contributed by atoms with Crippen LogP contribution in [0.25, 0.3) is 0 Å². The lowest BCUT2D eigenvalue weighted by molar-refractivity contribution is -0.127. The van der Waals surface area contributed by atoms with Crippen molar-refractivity contribution in [3.63, 3.8) is 0 Å². The van der Waals surface area contributed by atoms with Crippen LogP contribution < -0.4 is 10.1 Å². The molecule has 0 bridgehead atoms. The summed E-state index contributed by atoms with van der Waals surface area (Å²) in [5.74, 6) is 2.41. The van der Waals surface area contributed by atoms with Crippen LogP contribution in [0.5, 0.6) is 5.75 Å². The molecule has 5 heteroatoms. The summed E-state index contributed by atoms with van der Waals surface area (Å²) in [7, 11) is 0. The first-order valence-corrected chi connectivity index (χ1v) is 10.5. The summed E-state index contributed by atoms with van der Waals surface area (Å²) >= 11 is 7.75. The number of amides is 1. The zero-order valence-corrected chi connectivity index (χ0v) is 16.9. The largest absolute Gasteiger partial charge is 0.481 e. The third kappa shape index (κ3) is 6.93. The van der Waals surface area contributed by atoms with Crippen LogP contribution in [0.4, 0.5) is 0 Å². The monoisotopic (exact) mass is 391 g/mol. The van der Waals surface area contributed by atoms with Crippen LogP contribution in [-0.2, 0) is 17.0 Å². The Labute approximate surface area is 165 Å². The van der Waals surface area contributed by atoms with E-state index in [0.717, 1.165) is 28.7 Å². The second-order valence-electron chi connectivity index (χ2n) is 5.99. The van der Waals surface area contributed by atoms with Crippen LogP contribution in [-0.4, -0.2) is 24.3 Å². The lowest BCUT2D eigenvalue weighted by Crippen LogP contribution is -2.39. The summed E-state index contributed by atoms with van der Waals surface area (Å²) < 4.78 is 5.83. The molecular formula is C21H26ClNO2S. The van der Waals surface area contributed by atoms with E-state index in [9.17, 15) is 4.79 Å². The molecule has 2 aromatic carbocycles. The standard InChI is InChI=1S/C21H26ClNO2S/c1-3-16-8-10-19(11-9-16)25-20(4-2)21(24)23-12-13-26-15-17-6-5-7-18(22)14-17/h5-11,14,20H,3-4,12-13,15H2,1-2H3,(H,23,24)/t20-/m0/s1. The van der Waals surface area contributed by atoms with Crippen molar-refractivity contribution in [2.24, 2.45) is 0 Å². The van der Waals surface area contributed by atoms with Crippen molar-refractivity contribution < 1.29 is 9.53 Å². The number of rotatable bonds is 10. The van der Waals surface area contributed by atoms with E-state index in [-0.39, 0.29) is 5.91 Å². The second-order valence-corrected chi connectivity index (χ2v) is 7.53. The number of carbonyl (C=O) groups is 1. The molecular weight excluding hydrogens is 366 g/mol. The first-order chi connectivity index (χ1) is 12.6. The van der Waals surface area contributed by atoms with Gasteiger partial charge >= 0.3 is 0 Å². The number of nitrogens with one attached hydrogen (secondary N) is 1. The SMILES string of the molecule is CCc1ccc(O[C@@H](CC)C(=O)NCCSCc2cccc(Cl)c2)cc1. The molecule has 3 nitrogen and oxygen atoms in total. The van der Waals surface area contributed by atoms with Crippen molar-refractivity contribution >= 4 is 29.3 Å². The van der Waals surface area contributed by atoms with Crippen molar-refractivity contribution in [1.82, 2.24) is 5.32 Å². The van der Waals surface area contributed by atoms with Crippen molar-refractivity contribution in [3.8, 4) is 5.75 Å². The van der Waals surface area contributed by atoms with Crippen LogP contribution in [0.2, 0.25) is 5.02 Å². The van der Waals surface area contributed by atoms with E-state index in [1.807, 2.05) is 49.4 Å². The Morgan fingerprint density at radius 3 is 2.58 bits per heavy atom. The fraction of sp³-hybridized carbons (Fsp3) is 0.381. The third-order valence-corrected chi connectivity index (χ3v) is 5.24. The zero-order chi connectivity index (χ0) is 18.8. The number of halogens is 1. The molecule has 0 fully saturated rings. The molecule has 2 rings (SSSR count). The molecule has 0 unspecified atom stereocenters. The molecule has 0 aliphatic carbocycles. The number of carbonyl (C=O) groups excluding carboxylic acids is 1. The Kier molecular flexibility index (Phi) is 8.86. The zero-order valence-electron chi connectivity index (χ0n) is 15.3. The molecule has 2 aromatic rings. The molecule has 140 valence electrons. The molecule has 0 saturated heterocycles. The lowest BCUT2D eigenvalue weighted by Gasteiger charge is -2.17. The van der Waals surface area contributed by atoms with E-state index in [2.05, 4.69) is 18.3 Å². The summed E-state index contributed by atoms with van der Waals surface area (Å²) in [6.45, 7) is 4.69. The van der Waals surface area contributed by atoms with Crippen LogP contribution >= 0.6 is 23.4 Å². The summed E-state index contributed by atoms with van der Waals surface area (Å²) in [5.41, 5.74) is 2.45. The van der Waals surface area contributed by atoms with Gasteiger partial charge in [0.1, 0.15) is 5.75 Å². The molecule has 26 heavy (non-hydrogen) atoms. The first kappa shape index (κ1) is 20.7. The van der Waals surface area contributed by atoms with Gasteiger partial charge in [-0.2, -0.15) is 11.8 Å². The Balaban J connectivity index is 1.70. The molecule has 0 saturated carbocycles. The summed E-state index contributed by atoms with van der Waals surface area (Å²) in [6, 6.07) is 15.8. The maximum absolute atomic E-state index is 12.3. The lowest BCUT2D eigenvalue weighted by atomic mass is 10.2. The van der Waals surface area contributed by atoms with Crippen molar-refractivity contribution in [3.05, 3.63) is 64.7 Å². The maximum atomic E-state index is 12.3. The number of hydrogen-bond donors (Lipinski definition) is 1. The van der Waals surface area contributed by atoms with Gasteiger partial charge in [-0.15, -0.1) is 0 Å². The van der Waals surface area contributed by atoms with Gasteiger partial charge in [0.25, 0.3) is 5.91 Å². The molecule has 1 N–H and O–H groups in total. The van der Waals surface area contributed by atoms with Gasteiger partial charge < -0.3 is 10.1 Å². The number of aryl methyl sites for hydroxylation is 1. The molecule has 0 aliphatic heterocycles. The minimum Gasteiger partial charge on any atom is -0.481 e. The number of hydrogen-bond acceptors (Lipinski definition) is 3. The predicted octanol–water partition coefficient (Wildman–Crippen LogP) is 5.11. The van der Waals surface area contributed by atoms with Gasteiger partial charge in [0.2, 0.25) is 0 Å². The van der Waals surface area contributed by atoms with Crippen molar-refractivity contribution in [2.75, 3.05) is 12.3 Å². The van der Waals surface area contributed by atoms with E-state index < -0.39 is 6.10 Å². The van der Waals surface area contributed by atoms with Gasteiger partial charge in [0.15, 0.2) is 6.10 Å². The Morgan fingerprint density at radius 2 is 1.92 bits per heavy atom. The van der Waals surface area contributed by atoms with Gasteiger partial charge in [-0.25, -0.2) is 0 Å². The predicted molar refractivity (Wildman–Crippen MR) is 111 cm³/mol. The number of ether oxygens (including phenoxy) is 1. The third-order valence-electron chi connectivity index (χ3n) is 3.98. The fourth-order valence-corrected chi connectivity index (χ4v) is 3.49. The van der Waals surface area contributed by atoms with Gasteiger partial charge in [-0.3, -0.25) is 4.79 Å². The van der Waals surface area contributed by atoms with E-state index in [0.29, 0.717) is 13.0 Å². The first-order valence-electron chi connectivity index (χ1n) is 8.97. The second kappa shape index (κ2) is 11.1. The molecule has 1 amide bonds. The molecule has 0 spiro atoms. The van der Waals surface area contributed by atoms with Gasteiger partial charge in [0.05, 0.1) is 0 Å². The van der Waals surface area contributed by atoms with Gasteiger partial charge in [-0.05, 0) is 48.2 Å². The van der Waals surface area contributed by atoms with E-state index in [1.54, 1.807) is 11.8 Å². The van der Waals surface area contributed by atoms with E-state index in [1.165, 1.54) is 11.1 Å². The average Bonchev–Trinajstić information content (AvgIpc) is 2.66.